The molecule has 0 aliphatic carbocycles. The lowest BCUT2D eigenvalue weighted by molar-refractivity contribution is 0.156. The van der Waals surface area contributed by atoms with Crippen molar-refractivity contribution < 1.29 is 4.74 Å². The quantitative estimate of drug-likeness (QED) is 0.398. The highest BCUT2D eigenvalue weighted by atomic mass is 16.5. The van der Waals surface area contributed by atoms with Crippen molar-refractivity contribution in [1.29, 1.82) is 0 Å². The third-order valence-corrected chi connectivity index (χ3v) is 5.28. The third-order valence-electron chi connectivity index (χ3n) is 5.28. The lowest BCUT2D eigenvalue weighted by atomic mass is 9.87. The Morgan fingerprint density at radius 1 is 1.17 bits per heavy atom. The van der Waals surface area contributed by atoms with E-state index in [9.17, 15) is 0 Å². The van der Waals surface area contributed by atoms with Crippen molar-refractivity contribution in [3.05, 3.63) is 0 Å². The average molecular weight is 339 g/mol. The van der Waals surface area contributed by atoms with E-state index in [0.717, 1.165) is 45.4 Å². The maximum atomic E-state index is 5.64. The Morgan fingerprint density at radius 3 is 2.67 bits per heavy atom. The fourth-order valence-corrected chi connectivity index (χ4v) is 3.77. The number of nitrogens with zero attached hydrogens (tertiary/aromatic N) is 3. The Bertz CT molecular complexity index is 378. The Labute approximate surface area is 148 Å². The number of unbranched alkanes of at least 4 members (excludes halogenated alkanes) is 4. The van der Waals surface area contributed by atoms with E-state index in [0.29, 0.717) is 5.41 Å². The van der Waals surface area contributed by atoms with Crippen LogP contribution in [-0.4, -0.2) is 75.8 Å². The number of hydrogen-bond donors (Lipinski definition) is 1. The first-order valence-corrected chi connectivity index (χ1v) is 9.91. The Hall–Kier alpha value is -0.810. The highest BCUT2D eigenvalue weighted by molar-refractivity contribution is 5.80. The maximum Gasteiger partial charge on any atom is 0.193 e. The molecule has 0 aromatic heterocycles. The molecule has 2 heterocycles. The summed E-state index contributed by atoms with van der Waals surface area (Å²) < 4.78 is 5.64. The molecule has 0 aromatic rings. The molecule has 0 saturated carbocycles. The molecule has 2 fully saturated rings. The molecule has 24 heavy (non-hydrogen) atoms. The minimum Gasteiger partial charge on any atom is -0.381 e. The third kappa shape index (κ3) is 6.25. The van der Waals surface area contributed by atoms with E-state index >= 15 is 0 Å². The molecule has 1 N–H and O–H groups in total. The molecule has 140 valence electrons. The molecule has 1 unspecified atom stereocenters. The number of aliphatic imine (C=N–C) groups is 1. The van der Waals surface area contributed by atoms with Crippen molar-refractivity contribution in [2.24, 2.45) is 10.4 Å². The van der Waals surface area contributed by atoms with E-state index in [1.807, 2.05) is 0 Å². The van der Waals surface area contributed by atoms with Crippen LogP contribution in [-0.2, 0) is 4.74 Å². The minimum absolute atomic E-state index is 0.405. The van der Waals surface area contributed by atoms with Gasteiger partial charge in [-0.1, -0.05) is 19.3 Å². The highest BCUT2D eigenvalue weighted by Gasteiger charge is 2.42. The normalized spacial score (nSPS) is 24.5. The summed E-state index contributed by atoms with van der Waals surface area (Å²) in [5.74, 6) is 1.12. The monoisotopic (exact) mass is 338 g/mol. The molecule has 5 nitrogen and oxygen atoms in total. The van der Waals surface area contributed by atoms with E-state index in [2.05, 4.69) is 36.1 Å². The van der Waals surface area contributed by atoms with Gasteiger partial charge in [0.05, 0.1) is 6.61 Å². The van der Waals surface area contributed by atoms with Crippen LogP contribution in [0.4, 0.5) is 0 Å². The first kappa shape index (κ1) is 19.5. The summed E-state index contributed by atoms with van der Waals surface area (Å²) in [5, 5.41) is 3.48. The first-order valence-electron chi connectivity index (χ1n) is 9.91. The largest absolute Gasteiger partial charge is 0.381 e. The summed E-state index contributed by atoms with van der Waals surface area (Å²) in [6.45, 7) is 9.39. The van der Waals surface area contributed by atoms with Crippen LogP contribution in [0.25, 0.3) is 0 Å². The van der Waals surface area contributed by atoms with Gasteiger partial charge in [0, 0.05) is 38.2 Å². The van der Waals surface area contributed by atoms with Crippen molar-refractivity contribution in [2.75, 3.05) is 60.0 Å². The highest BCUT2D eigenvalue weighted by Crippen LogP contribution is 2.38. The Balaban J connectivity index is 1.66. The predicted molar refractivity (Wildman–Crippen MR) is 102 cm³/mol. The molecule has 2 saturated heterocycles. The van der Waals surface area contributed by atoms with Crippen molar-refractivity contribution >= 4 is 5.96 Å². The van der Waals surface area contributed by atoms with Gasteiger partial charge in [-0.25, -0.2) is 0 Å². The Kier molecular flexibility index (Phi) is 8.33. The van der Waals surface area contributed by atoms with Crippen molar-refractivity contribution in [3.63, 3.8) is 0 Å². The van der Waals surface area contributed by atoms with Gasteiger partial charge in [-0.05, 0) is 53.2 Å². The maximum absolute atomic E-state index is 5.64. The van der Waals surface area contributed by atoms with Gasteiger partial charge in [0.1, 0.15) is 0 Å². The summed E-state index contributed by atoms with van der Waals surface area (Å²) in [7, 11) is 4.30. The molecule has 0 bridgehead atoms. The van der Waals surface area contributed by atoms with Crippen LogP contribution in [0.5, 0.6) is 0 Å². The molecular formula is C19H38N4O. The molecule has 1 atom stereocenters. The number of nitrogens with one attached hydrogen (secondary N) is 1. The van der Waals surface area contributed by atoms with Gasteiger partial charge in [-0.2, -0.15) is 0 Å². The zero-order chi connectivity index (χ0) is 17.3. The second kappa shape index (κ2) is 10.2. The summed E-state index contributed by atoms with van der Waals surface area (Å²) in [4.78, 5) is 9.60. The Morgan fingerprint density at radius 2 is 1.96 bits per heavy atom. The lowest BCUT2D eigenvalue weighted by Gasteiger charge is -2.25. The zero-order valence-corrected chi connectivity index (χ0v) is 16.1. The van der Waals surface area contributed by atoms with Gasteiger partial charge in [-0.3, -0.25) is 4.99 Å². The van der Waals surface area contributed by atoms with E-state index < -0.39 is 0 Å². The molecule has 2 rings (SSSR count). The number of ether oxygens (including phenoxy) is 1. The molecule has 0 amide bonds. The van der Waals surface area contributed by atoms with E-state index in [1.165, 1.54) is 51.5 Å². The fraction of sp³-hybridized carbons (Fsp3) is 0.947. The smallest absolute Gasteiger partial charge is 0.193 e. The summed E-state index contributed by atoms with van der Waals surface area (Å²) in [5.41, 5.74) is 0.405. The minimum atomic E-state index is 0.405. The average Bonchev–Trinajstić information content (AvgIpc) is 3.19. The topological polar surface area (TPSA) is 40.1 Å². The standard InChI is InChI=1S/C19H38N4O/c1-4-20-18(21-12-8-6-5-7-9-13-22(2)3)23-14-10-19(16-23)11-15-24-17-19/h4-17H2,1-3H3,(H,20,21). The van der Waals surface area contributed by atoms with Crippen molar-refractivity contribution in [2.45, 2.75) is 51.9 Å². The molecule has 1 spiro atoms. The van der Waals surface area contributed by atoms with Crippen LogP contribution in [0.1, 0.15) is 51.9 Å². The zero-order valence-electron chi connectivity index (χ0n) is 16.1. The van der Waals surface area contributed by atoms with Crippen LogP contribution in [0, 0.1) is 5.41 Å². The first-order chi connectivity index (χ1) is 11.7. The van der Waals surface area contributed by atoms with Gasteiger partial charge in [-0.15, -0.1) is 0 Å². The number of guanidine groups is 1. The molecule has 2 aliphatic heterocycles. The van der Waals surface area contributed by atoms with E-state index in [4.69, 9.17) is 9.73 Å². The van der Waals surface area contributed by atoms with Gasteiger partial charge >= 0.3 is 0 Å². The number of likely N-dealkylation sites (tertiary alicyclic amines) is 1. The molecule has 2 aliphatic rings. The van der Waals surface area contributed by atoms with Crippen LogP contribution in [0.3, 0.4) is 0 Å². The van der Waals surface area contributed by atoms with Crippen LogP contribution < -0.4 is 5.32 Å². The molecule has 5 heteroatoms. The second-order valence-corrected chi connectivity index (χ2v) is 7.78. The predicted octanol–water partition coefficient (Wildman–Crippen LogP) is 2.58. The van der Waals surface area contributed by atoms with Crippen LogP contribution in [0.15, 0.2) is 4.99 Å². The molecular weight excluding hydrogens is 300 g/mol. The summed E-state index contributed by atoms with van der Waals surface area (Å²) in [6, 6.07) is 0. The van der Waals surface area contributed by atoms with Crippen molar-refractivity contribution in [3.8, 4) is 0 Å². The van der Waals surface area contributed by atoms with E-state index in [-0.39, 0.29) is 0 Å². The molecule has 0 aromatic carbocycles. The number of rotatable bonds is 9. The molecule has 0 radical (unpaired) electrons. The fourth-order valence-electron chi connectivity index (χ4n) is 3.77. The SMILES string of the molecule is CCNC(=NCCCCCCCN(C)C)N1CCC2(CCOC2)C1. The van der Waals surface area contributed by atoms with Gasteiger partial charge < -0.3 is 19.9 Å². The van der Waals surface area contributed by atoms with Crippen LogP contribution >= 0.6 is 0 Å². The summed E-state index contributed by atoms with van der Waals surface area (Å²) in [6.07, 6.45) is 8.98. The lowest BCUT2D eigenvalue weighted by Crippen LogP contribution is -2.41. The second-order valence-electron chi connectivity index (χ2n) is 7.78. The van der Waals surface area contributed by atoms with Crippen LogP contribution in [0.2, 0.25) is 0 Å². The van der Waals surface area contributed by atoms with E-state index in [1.54, 1.807) is 0 Å². The van der Waals surface area contributed by atoms with Crippen molar-refractivity contribution in [1.82, 2.24) is 15.1 Å². The number of hydrogen-bond acceptors (Lipinski definition) is 3. The van der Waals surface area contributed by atoms with Gasteiger partial charge in [0.25, 0.3) is 0 Å². The summed E-state index contributed by atoms with van der Waals surface area (Å²) >= 11 is 0. The van der Waals surface area contributed by atoms with Gasteiger partial charge in [0.2, 0.25) is 0 Å². The van der Waals surface area contributed by atoms with Gasteiger partial charge in [0.15, 0.2) is 5.96 Å².